The summed E-state index contributed by atoms with van der Waals surface area (Å²) in [6.45, 7) is 1.97. The van der Waals surface area contributed by atoms with Gasteiger partial charge in [0.15, 0.2) is 0 Å². The summed E-state index contributed by atoms with van der Waals surface area (Å²) in [5.74, 6) is -0.235. The third-order valence-electron chi connectivity index (χ3n) is 4.03. The minimum Gasteiger partial charge on any atom is -0.468 e. The summed E-state index contributed by atoms with van der Waals surface area (Å²) >= 11 is 0. The Balaban J connectivity index is 2.16. The van der Waals surface area contributed by atoms with Gasteiger partial charge in [0.1, 0.15) is 6.04 Å². The van der Waals surface area contributed by atoms with Gasteiger partial charge in [-0.1, -0.05) is 19.3 Å². The molecule has 0 radical (unpaired) electrons. The van der Waals surface area contributed by atoms with E-state index >= 15 is 0 Å². The van der Waals surface area contributed by atoms with Crippen LogP contribution in [0.1, 0.15) is 49.4 Å². The van der Waals surface area contributed by atoms with Crippen LogP contribution in [0.4, 0.5) is 0 Å². The number of methoxy groups -OCH3 is 1. The molecular formula is C14H23N3O2. The first-order valence-corrected chi connectivity index (χ1v) is 6.96. The van der Waals surface area contributed by atoms with E-state index < -0.39 is 6.04 Å². The first-order chi connectivity index (χ1) is 9.13. The highest BCUT2D eigenvalue weighted by Crippen LogP contribution is 2.24. The summed E-state index contributed by atoms with van der Waals surface area (Å²) in [5, 5.41) is 7.66. The van der Waals surface area contributed by atoms with Crippen LogP contribution in [-0.2, 0) is 16.6 Å². The topological polar surface area (TPSA) is 56.1 Å². The van der Waals surface area contributed by atoms with Crippen molar-refractivity contribution in [1.29, 1.82) is 0 Å². The number of carbonyl (C=O) groups is 1. The molecule has 0 aromatic carbocycles. The second kappa shape index (κ2) is 6.19. The number of nitrogens with one attached hydrogen (secondary N) is 1. The number of carbonyl (C=O) groups excluding carboxylic acids is 1. The molecule has 0 spiro atoms. The summed E-state index contributed by atoms with van der Waals surface area (Å²) in [6, 6.07) is -0.000689. The molecule has 1 aliphatic rings. The average Bonchev–Trinajstić information content (AvgIpc) is 2.77. The fourth-order valence-corrected chi connectivity index (χ4v) is 2.71. The highest BCUT2D eigenvalue weighted by atomic mass is 16.5. The van der Waals surface area contributed by atoms with Gasteiger partial charge < -0.3 is 4.74 Å². The number of rotatable bonds is 4. The van der Waals surface area contributed by atoms with Crippen LogP contribution in [0.15, 0.2) is 6.20 Å². The Labute approximate surface area is 114 Å². The zero-order valence-electron chi connectivity index (χ0n) is 12.0. The van der Waals surface area contributed by atoms with Crippen LogP contribution in [0, 0.1) is 6.92 Å². The molecule has 1 aromatic rings. The quantitative estimate of drug-likeness (QED) is 0.844. The predicted octanol–water partition coefficient (Wildman–Crippen LogP) is 1.86. The lowest BCUT2D eigenvalue weighted by Gasteiger charge is -2.27. The van der Waals surface area contributed by atoms with Crippen LogP contribution in [0.2, 0.25) is 0 Å². The van der Waals surface area contributed by atoms with Gasteiger partial charge in [-0.25, -0.2) is 4.79 Å². The number of aryl methyl sites for hydroxylation is 1. The van der Waals surface area contributed by atoms with Crippen molar-refractivity contribution in [3.8, 4) is 0 Å². The Morgan fingerprint density at radius 3 is 2.68 bits per heavy atom. The number of nitrogens with zero attached hydrogens (tertiary/aromatic N) is 2. The third-order valence-corrected chi connectivity index (χ3v) is 4.03. The molecule has 0 aliphatic heterocycles. The lowest BCUT2D eigenvalue weighted by Crippen LogP contribution is -2.39. The zero-order chi connectivity index (χ0) is 13.8. The molecule has 1 atom stereocenters. The van der Waals surface area contributed by atoms with Crippen LogP contribution in [0.5, 0.6) is 0 Å². The zero-order valence-corrected chi connectivity index (χ0v) is 12.0. The minimum absolute atomic E-state index is 0.235. The number of hydrogen-bond acceptors (Lipinski definition) is 4. The van der Waals surface area contributed by atoms with Crippen molar-refractivity contribution in [3.05, 3.63) is 17.5 Å². The van der Waals surface area contributed by atoms with Gasteiger partial charge >= 0.3 is 5.97 Å². The van der Waals surface area contributed by atoms with E-state index in [-0.39, 0.29) is 5.97 Å². The largest absolute Gasteiger partial charge is 0.468 e. The molecule has 0 bridgehead atoms. The summed E-state index contributed by atoms with van der Waals surface area (Å²) < 4.78 is 6.72. The maximum absolute atomic E-state index is 12.0. The summed E-state index contributed by atoms with van der Waals surface area (Å²) in [5.41, 5.74) is 1.92. The standard InChI is InChI=1S/C14H23N3O2/c1-10-12(9-15-17(10)2)13(14(18)19-3)16-11-7-5-4-6-8-11/h9,11,13,16H,4-8H2,1-3H3. The van der Waals surface area contributed by atoms with E-state index in [4.69, 9.17) is 4.74 Å². The van der Waals surface area contributed by atoms with Gasteiger partial charge in [-0.15, -0.1) is 0 Å². The normalized spacial score (nSPS) is 18.3. The first kappa shape index (κ1) is 14.1. The van der Waals surface area contributed by atoms with Crippen LogP contribution < -0.4 is 5.32 Å². The Morgan fingerprint density at radius 1 is 1.47 bits per heavy atom. The first-order valence-electron chi connectivity index (χ1n) is 6.96. The molecule has 1 fully saturated rings. The number of esters is 1. The van der Waals surface area contributed by atoms with Crippen molar-refractivity contribution < 1.29 is 9.53 Å². The molecule has 1 unspecified atom stereocenters. The molecule has 106 valence electrons. The summed E-state index contributed by atoms with van der Waals surface area (Å²) in [4.78, 5) is 12.0. The van der Waals surface area contributed by atoms with Gasteiger partial charge in [-0.05, 0) is 19.8 Å². The van der Waals surface area contributed by atoms with Gasteiger partial charge in [0.25, 0.3) is 0 Å². The van der Waals surface area contributed by atoms with Crippen molar-refractivity contribution in [3.63, 3.8) is 0 Å². The van der Waals surface area contributed by atoms with E-state index in [1.165, 1.54) is 26.4 Å². The average molecular weight is 265 g/mol. The molecule has 1 aliphatic carbocycles. The molecule has 2 rings (SSSR count). The monoisotopic (exact) mass is 265 g/mol. The second-order valence-electron chi connectivity index (χ2n) is 5.27. The molecule has 1 heterocycles. The minimum atomic E-state index is -0.401. The molecular weight excluding hydrogens is 242 g/mol. The fourth-order valence-electron chi connectivity index (χ4n) is 2.71. The molecule has 1 saturated carbocycles. The second-order valence-corrected chi connectivity index (χ2v) is 5.27. The van der Waals surface area contributed by atoms with E-state index in [2.05, 4.69) is 10.4 Å². The molecule has 5 heteroatoms. The van der Waals surface area contributed by atoms with Crippen LogP contribution in [0.3, 0.4) is 0 Å². The smallest absolute Gasteiger partial charge is 0.327 e. The van der Waals surface area contributed by atoms with Crippen molar-refractivity contribution in [2.24, 2.45) is 7.05 Å². The van der Waals surface area contributed by atoms with Gasteiger partial charge in [-0.3, -0.25) is 10.00 Å². The van der Waals surface area contributed by atoms with Crippen LogP contribution in [0.25, 0.3) is 0 Å². The molecule has 1 N–H and O–H groups in total. The van der Waals surface area contributed by atoms with Crippen molar-refractivity contribution >= 4 is 5.97 Å². The predicted molar refractivity (Wildman–Crippen MR) is 72.7 cm³/mol. The Bertz CT molecular complexity index is 436. The molecule has 19 heavy (non-hydrogen) atoms. The Hall–Kier alpha value is -1.36. The third kappa shape index (κ3) is 3.15. The highest BCUT2D eigenvalue weighted by molar-refractivity contribution is 5.77. The van der Waals surface area contributed by atoms with E-state index in [9.17, 15) is 4.79 Å². The molecule has 1 aromatic heterocycles. The Morgan fingerprint density at radius 2 is 2.16 bits per heavy atom. The SMILES string of the molecule is COC(=O)C(NC1CCCCC1)c1cnn(C)c1C. The lowest BCUT2D eigenvalue weighted by atomic mass is 9.94. The maximum Gasteiger partial charge on any atom is 0.327 e. The number of ether oxygens (including phenoxy) is 1. The summed E-state index contributed by atoms with van der Waals surface area (Å²) in [7, 11) is 3.32. The van der Waals surface area contributed by atoms with Crippen molar-refractivity contribution in [2.75, 3.05) is 7.11 Å². The van der Waals surface area contributed by atoms with Crippen molar-refractivity contribution in [1.82, 2.24) is 15.1 Å². The van der Waals surface area contributed by atoms with Gasteiger partial charge in [0.2, 0.25) is 0 Å². The highest BCUT2D eigenvalue weighted by Gasteiger charge is 2.28. The Kier molecular flexibility index (Phi) is 4.58. The number of aromatic nitrogens is 2. The van der Waals surface area contributed by atoms with Crippen molar-refractivity contribution in [2.45, 2.75) is 51.1 Å². The van der Waals surface area contributed by atoms with Gasteiger partial charge in [0.05, 0.1) is 13.3 Å². The van der Waals surface area contributed by atoms with E-state index in [0.29, 0.717) is 6.04 Å². The van der Waals surface area contributed by atoms with E-state index in [1.807, 2.05) is 14.0 Å². The molecule has 0 saturated heterocycles. The van der Waals surface area contributed by atoms with E-state index in [0.717, 1.165) is 24.1 Å². The van der Waals surface area contributed by atoms with Gasteiger partial charge in [0, 0.05) is 24.3 Å². The maximum atomic E-state index is 12.0. The fraction of sp³-hybridized carbons (Fsp3) is 0.714. The van der Waals surface area contributed by atoms with Gasteiger partial charge in [-0.2, -0.15) is 5.10 Å². The molecule has 0 amide bonds. The van der Waals surface area contributed by atoms with Crippen LogP contribution in [-0.4, -0.2) is 28.9 Å². The molecule has 5 nitrogen and oxygen atoms in total. The lowest BCUT2D eigenvalue weighted by molar-refractivity contribution is -0.143. The van der Waals surface area contributed by atoms with E-state index in [1.54, 1.807) is 10.9 Å². The summed E-state index contributed by atoms with van der Waals surface area (Å²) in [6.07, 6.45) is 7.79. The van der Waals surface area contributed by atoms with Crippen LogP contribution >= 0.6 is 0 Å². The number of hydrogen-bond donors (Lipinski definition) is 1.